The Labute approximate surface area is 252 Å². The molecule has 1 amide bonds. The van der Waals surface area contributed by atoms with Gasteiger partial charge >= 0.3 is 12.5 Å². The third kappa shape index (κ3) is 3.83. The first kappa shape index (κ1) is 27.4. The van der Waals surface area contributed by atoms with Crippen molar-refractivity contribution in [2.75, 3.05) is 24.7 Å². The van der Waals surface area contributed by atoms with Gasteiger partial charge in [0.1, 0.15) is 11.1 Å². The van der Waals surface area contributed by atoms with E-state index >= 15 is 0 Å². The molecular formula is C28H21F5N4O7S. The summed E-state index contributed by atoms with van der Waals surface area (Å²) in [4.78, 5) is 34.6. The summed E-state index contributed by atoms with van der Waals surface area (Å²) < 4.78 is 96.4. The first-order valence-corrected chi connectivity index (χ1v) is 15.0. The first-order chi connectivity index (χ1) is 21.3. The molecule has 4 unspecified atom stereocenters. The van der Waals surface area contributed by atoms with Crippen LogP contribution in [-0.2, 0) is 9.47 Å². The molecule has 2 aromatic carbocycles. The number of hydrogen-bond donors (Lipinski definition) is 1. The van der Waals surface area contributed by atoms with Crippen LogP contribution < -0.4 is 25.2 Å². The number of rotatable bonds is 4. The minimum Gasteiger partial charge on any atom is -0.395 e. The molecule has 9 rings (SSSR count). The second-order valence-electron chi connectivity index (χ2n) is 12.1. The number of carbonyl (C=O) groups is 1. The molecule has 0 spiro atoms. The lowest BCUT2D eigenvalue weighted by atomic mass is 9.92. The fourth-order valence-electron chi connectivity index (χ4n) is 7.20. The lowest BCUT2D eigenvalue weighted by molar-refractivity contribution is -0.286. The zero-order chi connectivity index (χ0) is 31.1. The maximum absolute atomic E-state index is 14.0. The van der Waals surface area contributed by atoms with Gasteiger partial charge in [0.05, 0.1) is 53.2 Å². The Morgan fingerprint density at radius 2 is 1.84 bits per heavy atom. The number of nitrogens with zero attached hydrogens (tertiary/aromatic N) is 3. The van der Waals surface area contributed by atoms with Crippen LogP contribution in [0, 0.1) is 0 Å². The molecule has 17 heteroatoms. The van der Waals surface area contributed by atoms with E-state index in [4.69, 9.17) is 19.0 Å². The molecule has 6 heterocycles. The van der Waals surface area contributed by atoms with Crippen LogP contribution in [0.25, 0.3) is 26.9 Å². The van der Waals surface area contributed by atoms with Gasteiger partial charge < -0.3 is 33.7 Å². The Hall–Kier alpha value is -3.96. The maximum Gasteiger partial charge on any atom is 0.586 e. The zero-order valence-corrected chi connectivity index (χ0v) is 23.7. The van der Waals surface area contributed by atoms with E-state index in [1.165, 1.54) is 11.3 Å². The third-order valence-corrected chi connectivity index (χ3v) is 10.5. The van der Waals surface area contributed by atoms with Gasteiger partial charge in [-0.2, -0.15) is 13.2 Å². The number of hydrogen-bond acceptors (Lipinski definition) is 10. The van der Waals surface area contributed by atoms with E-state index in [1.807, 2.05) is 0 Å². The monoisotopic (exact) mass is 652 g/mol. The van der Waals surface area contributed by atoms with Crippen molar-refractivity contribution in [3.63, 3.8) is 0 Å². The third-order valence-electron chi connectivity index (χ3n) is 9.40. The first-order valence-electron chi connectivity index (χ1n) is 14.1. The molecule has 4 bridgehead atoms. The van der Waals surface area contributed by atoms with Crippen LogP contribution in [0.1, 0.15) is 36.0 Å². The van der Waals surface area contributed by atoms with Crippen molar-refractivity contribution in [2.24, 2.45) is 0 Å². The number of alkyl halides is 5. The van der Waals surface area contributed by atoms with Crippen LogP contribution >= 0.6 is 11.3 Å². The maximum atomic E-state index is 14.0. The number of morpholine rings is 1. The standard InChI is InChI=1S/C28H21F5N4O7S/c29-27(30,31)26-4-3-25(10-26,11-41-26)35-22(38)14-6-18-19(43-28(32,33)42-18)7-16(14)37-23(39)20-17(44-37)2-1-15-21(20)45-24(34-15)36-12-5-13(36)9-40-8-12/h1-2,6-7,12-13H,3-5,8-11H2,(H,35,38). The predicted molar refractivity (Wildman–Crippen MR) is 145 cm³/mol. The average molecular weight is 653 g/mol. The van der Waals surface area contributed by atoms with Gasteiger partial charge in [0, 0.05) is 12.5 Å². The van der Waals surface area contributed by atoms with Gasteiger partial charge in [0.15, 0.2) is 27.8 Å². The summed E-state index contributed by atoms with van der Waals surface area (Å²) in [6, 6.07) is 5.58. The number of fused-ring (bicyclic) bond motifs is 8. The highest BCUT2D eigenvalue weighted by molar-refractivity contribution is 7.23. The number of amides is 1. The predicted octanol–water partition coefficient (Wildman–Crippen LogP) is 4.48. The number of anilines is 1. The fraction of sp³-hybridized carbons (Fsp3) is 0.464. The molecule has 1 saturated carbocycles. The van der Waals surface area contributed by atoms with Gasteiger partial charge in [-0.25, -0.2) is 4.98 Å². The quantitative estimate of drug-likeness (QED) is 0.319. The van der Waals surface area contributed by atoms with Crippen molar-refractivity contribution < 1.29 is 50.2 Å². The summed E-state index contributed by atoms with van der Waals surface area (Å²) in [6.07, 6.45) is -8.57. The summed E-state index contributed by atoms with van der Waals surface area (Å²) in [6.45, 7) is 0.773. The molecular weight excluding hydrogens is 631 g/mol. The van der Waals surface area contributed by atoms with E-state index in [0.717, 1.165) is 28.4 Å². The summed E-state index contributed by atoms with van der Waals surface area (Å²) in [7, 11) is 0. The highest BCUT2D eigenvalue weighted by Gasteiger charge is 2.68. The molecule has 4 aromatic rings. The Balaban J connectivity index is 1.14. The van der Waals surface area contributed by atoms with Crippen molar-refractivity contribution >= 4 is 43.6 Å². The smallest absolute Gasteiger partial charge is 0.395 e. The van der Waals surface area contributed by atoms with Crippen LogP contribution in [0.4, 0.5) is 27.1 Å². The van der Waals surface area contributed by atoms with E-state index in [1.54, 1.807) is 12.1 Å². The molecule has 2 aromatic heterocycles. The van der Waals surface area contributed by atoms with Crippen molar-refractivity contribution in [3.8, 4) is 17.2 Å². The van der Waals surface area contributed by atoms with Gasteiger partial charge in [0.2, 0.25) is 0 Å². The number of thiazole rings is 1. The van der Waals surface area contributed by atoms with Crippen LogP contribution in [0.2, 0.25) is 0 Å². The molecule has 11 nitrogen and oxygen atoms in total. The molecule has 4 atom stereocenters. The second kappa shape index (κ2) is 8.64. The lowest BCUT2D eigenvalue weighted by Gasteiger charge is -2.52. The lowest BCUT2D eigenvalue weighted by Crippen LogP contribution is -2.64. The number of halogens is 5. The Morgan fingerprint density at radius 1 is 1.09 bits per heavy atom. The highest BCUT2D eigenvalue weighted by Crippen LogP contribution is 2.55. The molecule has 4 fully saturated rings. The van der Waals surface area contributed by atoms with Gasteiger partial charge in [0.25, 0.3) is 11.5 Å². The minimum atomic E-state index is -4.64. The van der Waals surface area contributed by atoms with Gasteiger partial charge in [-0.05, 0) is 37.5 Å². The summed E-state index contributed by atoms with van der Waals surface area (Å²) in [5.41, 5.74) is -4.34. The second-order valence-corrected chi connectivity index (χ2v) is 13.1. The van der Waals surface area contributed by atoms with Crippen molar-refractivity contribution in [1.82, 2.24) is 15.0 Å². The summed E-state index contributed by atoms with van der Waals surface area (Å²) >= 11 is 1.31. The van der Waals surface area contributed by atoms with Crippen molar-refractivity contribution in [2.45, 2.75) is 61.4 Å². The SMILES string of the molecule is O=C(NC12CCC(C(F)(F)F)(C1)OC2)c1cc2c(cc1-n1oc3ccc4nc(N5C6COCC5C6)sc4c3c1=O)OC(F)(F)O2. The average Bonchev–Trinajstić information content (AvgIpc) is 3.78. The van der Waals surface area contributed by atoms with E-state index in [9.17, 15) is 31.5 Å². The largest absolute Gasteiger partial charge is 0.586 e. The van der Waals surface area contributed by atoms with Crippen LogP contribution in [0.5, 0.6) is 11.5 Å². The van der Waals surface area contributed by atoms with Crippen molar-refractivity contribution in [1.29, 1.82) is 0 Å². The van der Waals surface area contributed by atoms with Crippen LogP contribution in [-0.4, -0.2) is 71.1 Å². The topological polar surface area (TPSA) is 117 Å². The molecule has 0 radical (unpaired) electrons. The van der Waals surface area contributed by atoms with E-state index in [0.29, 0.717) is 23.4 Å². The molecule has 1 N–H and O–H groups in total. The summed E-state index contributed by atoms with van der Waals surface area (Å²) in [5.74, 6) is -1.89. The number of ether oxygens (including phenoxy) is 4. The van der Waals surface area contributed by atoms with Gasteiger partial charge in [-0.3, -0.25) is 9.59 Å². The molecule has 3 saturated heterocycles. The Morgan fingerprint density at radius 3 is 2.51 bits per heavy atom. The van der Waals surface area contributed by atoms with E-state index in [2.05, 4.69) is 19.7 Å². The number of carbonyl (C=O) groups excluding carboxylic acids is 1. The summed E-state index contributed by atoms with van der Waals surface area (Å²) in [5, 5.41) is 3.51. The normalized spacial score (nSPS) is 29.5. The molecule has 1 aliphatic carbocycles. The fourth-order valence-corrected chi connectivity index (χ4v) is 8.44. The number of benzene rings is 2. The molecule has 4 aliphatic heterocycles. The molecule has 45 heavy (non-hydrogen) atoms. The number of aromatic nitrogens is 2. The Kier molecular flexibility index (Phi) is 5.25. The molecule has 5 aliphatic rings. The highest BCUT2D eigenvalue weighted by atomic mass is 32.1. The van der Waals surface area contributed by atoms with E-state index in [-0.39, 0.29) is 47.1 Å². The van der Waals surface area contributed by atoms with Crippen LogP contribution in [0.15, 0.2) is 33.6 Å². The van der Waals surface area contributed by atoms with E-state index < -0.39 is 59.6 Å². The Bertz CT molecular complexity index is 1980. The molecule has 236 valence electrons. The zero-order valence-electron chi connectivity index (χ0n) is 22.9. The van der Waals surface area contributed by atoms with Crippen molar-refractivity contribution in [3.05, 3.63) is 40.2 Å². The van der Waals surface area contributed by atoms with Gasteiger partial charge in [-0.1, -0.05) is 11.3 Å². The van der Waals surface area contributed by atoms with Crippen LogP contribution in [0.3, 0.4) is 0 Å². The number of nitrogens with one attached hydrogen (secondary N) is 1. The minimum absolute atomic E-state index is 0.0165. The van der Waals surface area contributed by atoms with Gasteiger partial charge in [-0.15, -0.1) is 13.5 Å².